The van der Waals surface area contributed by atoms with Gasteiger partial charge in [-0.25, -0.2) is 4.39 Å². The molecule has 0 spiro atoms. The number of hydrogen-bond acceptors (Lipinski definition) is 2. The van der Waals surface area contributed by atoms with Gasteiger partial charge in [0.15, 0.2) is 0 Å². The molecule has 0 saturated heterocycles. The first-order chi connectivity index (χ1) is 9.75. The lowest BCUT2D eigenvalue weighted by atomic mass is 9.91. The summed E-state index contributed by atoms with van der Waals surface area (Å²) in [6.45, 7) is 0. The molecule has 1 aromatic carbocycles. The lowest BCUT2D eigenvalue weighted by molar-refractivity contribution is -0.137. The monoisotopic (exact) mass is 304 g/mol. The Bertz CT molecular complexity index is 522. The number of carbonyl (C=O) groups excluding carboxylic acids is 1. The van der Waals surface area contributed by atoms with E-state index in [1.54, 1.807) is 0 Å². The highest BCUT2D eigenvalue weighted by atomic mass is 19.4. The number of hydrogen-bond donors (Lipinski definition) is 2. The van der Waals surface area contributed by atoms with Crippen LogP contribution in [-0.2, 0) is 6.18 Å². The first-order valence-electron chi connectivity index (χ1n) is 6.70. The van der Waals surface area contributed by atoms with Gasteiger partial charge in [-0.15, -0.1) is 0 Å². The number of rotatable bonds is 2. The molecule has 1 fully saturated rings. The summed E-state index contributed by atoms with van der Waals surface area (Å²) >= 11 is 0. The molecule has 1 aliphatic rings. The second-order valence-electron chi connectivity index (χ2n) is 5.31. The van der Waals surface area contributed by atoms with Crippen molar-refractivity contribution in [1.82, 2.24) is 5.32 Å². The summed E-state index contributed by atoms with van der Waals surface area (Å²) in [5.41, 5.74) is 4.25. The van der Waals surface area contributed by atoms with Gasteiger partial charge < -0.3 is 11.1 Å². The van der Waals surface area contributed by atoms with Crippen LogP contribution in [0.1, 0.15) is 41.6 Å². The van der Waals surface area contributed by atoms with E-state index in [0.717, 1.165) is 18.9 Å². The molecule has 0 heterocycles. The Hall–Kier alpha value is -1.63. The van der Waals surface area contributed by atoms with Crippen LogP contribution >= 0.6 is 0 Å². The molecule has 0 radical (unpaired) electrons. The van der Waals surface area contributed by atoms with E-state index in [2.05, 4.69) is 5.32 Å². The van der Waals surface area contributed by atoms with E-state index < -0.39 is 23.5 Å². The topological polar surface area (TPSA) is 55.1 Å². The fraction of sp³-hybridized carbons (Fsp3) is 0.500. The predicted octanol–water partition coefficient (Wildman–Crippen LogP) is 2.84. The highest BCUT2D eigenvalue weighted by Gasteiger charge is 2.32. The van der Waals surface area contributed by atoms with Gasteiger partial charge in [0.25, 0.3) is 5.91 Å². The highest BCUT2D eigenvalue weighted by Crippen LogP contribution is 2.30. The Balaban J connectivity index is 2.10. The van der Waals surface area contributed by atoms with Gasteiger partial charge in [0.05, 0.1) is 5.56 Å². The minimum atomic E-state index is -4.69. The number of benzene rings is 1. The highest BCUT2D eigenvalue weighted by molar-refractivity contribution is 5.94. The van der Waals surface area contributed by atoms with Crippen LogP contribution in [-0.4, -0.2) is 18.0 Å². The van der Waals surface area contributed by atoms with Crippen molar-refractivity contribution in [1.29, 1.82) is 0 Å². The normalized spacial score (nSPS) is 22.9. The standard InChI is InChI=1S/C14H16F4N2O/c15-10-6-8(5-9(7-10)14(16,17)18)13(21)20-12-3-1-11(19)2-4-12/h5-7,11-12H,1-4,19H2,(H,20,21). The van der Waals surface area contributed by atoms with Crippen LogP contribution in [0.4, 0.5) is 17.6 Å². The van der Waals surface area contributed by atoms with E-state index in [9.17, 15) is 22.4 Å². The maximum atomic E-state index is 13.3. The second kappa shape index (κ2) is 6.01. The van der Waals surface area contributed by atoms with E-state index in [0.29, 0.717) is 25.0 Å². The summed E-state index contributed by atoms with van der Waals surface area (Å²) in [4.78, 5) is 11.9. The van der Waals surface area contributed by atoms with Crippen molar-refractivity contribution in [3.8, 4) is 0 Å². The summed E-state index contributed by atoms with van der Waals surface area (Å²) in [7, 11) is 0. The molecule has 7 heteroatoms. The third-order valence-corrected chi connectivity index (χ3v) is 3.59. The quantitative estimate of drug-likeness (QED) is 0.826. The van der Waals surface area contributed by atoms with Crippen molar-refractivity contribution in [3.05, 3.63) is 35.1 Å². The molecule has 2 rings (SSSR count). The molecule has 0 unspecified atom stereocenters. The van der Waals surface area contributed by atoms with Crippen LogP contribution < -0.4 is 11.1 Å². The Labute approximate surface area is 119 Å². The average Bonchev–Trinajstić information content (AvgIpc) is 2.39. The molecule has 3 nitrogen and oxygen atoms in total. The van der Waals surface area contributed by atoms with Crippen molar-refractivity contribution in [2.24, 2.45) is 5.73 Å². The van der Waals surface area contributed by atoms with Gasteiger partial charge in [-0.05, 0) is 43.9 Å². The van der Waals surface area contributed by atoms with E-state index in [1.807, 2.05) is 0 Å². The van der Waals surface area contributed by atoms with Crippen molar-refractivity contribution >= 4 is 5.91 Å². The van der Waals surface area contributed by atoms with Crippen molar-refractivity contribution < 1.29 is 22.4 Å². The predicted molar refractivity (Wildman–Crippen MR) is 69.1 cm³/mol. The SMILES string of the molecule is NC1CCC(NC(=O)c2cc(F)cc(C(F)(F)F)c2)CC1. The summed E-state index contributed by atoms with van der Waals surface area (Å²) in [5, 5.41) is 2.63. The Kier molecular flexibility index (Phi) is 4.51. The van der Waals surface area contributed by atoms with Crippen molar-refractivity contribution in [3.63, 3.8) is 0 Å². The largest absolute Gasteiger partial charge is 0.416 e. The average molecular weight is 304 g/mol. The van der Waals surface area contributed by atoms with Crippen molar-refractivity contribution in [2.75, 3.05) is 0 Å². The van der Waals surface area contributed by atoms with Gasteiger partial charge in [0.1, 0.15) is 5.82 Å². The van der Waals surface area contributed by atoms with Gasteiger partial charge >= 0.3 is 6.18 Å². The molecule has 0 bridgehead atoms. The minimum Gasteiger partial charge on any atom is -0.349 e. The van der Waals surface area contributed by atoms with Crippen LogP contribution in [0.25, 0.3) is 0 Å². The molecule has 1 aromatic rings. The van der Waals surface area contributed by atoms with Gasteiger partial charge in [0.2, 0.25) is 0 Å². The Morgan fingerprint density at radius 1 is 1.14 bits per heavy atom. The van der Waals surface area contributed by atoms with Crippen LogP contribution in [0.15, 0.2) is 18.2 Å². The van der Waals surface area contributed by atoms with Crippen LogP contribution in [0.5, 0.6) is 0 Å². The first-order valence-corrected chi connectivity index (χ1v) is 6.70. The molecule has 1 aliphatic carbocycles. The number of nitrogens with two attached hydrogens (primary N) is 1. The summed E-state index contributed by atoms with van der Waals surface area (Å²) in [6.07, 6.45) is -1.83. The number of amides is 1. The number of nitrogens with one attached hydrogen (secondary N) is 1. The van der Waals surface area contributed by atoms with E-state index >= 15 is 0 Å². The fourth-order valence-corrected chi connectivity index (χ4v) is 2.42. The molecule has 0 aromatic heterocycles. The Morgan fingerprint density at radius 3 is 2.33 bits per heavy atom. The van der Waals surface area contributed by atoms with Crippen molar-refractivity contribution in [2.45, 2.75) is 43.9 Å². The van der Waals surface area contributed by atoms with E-state index in [4.69, 9.17) is 5.73 Å². The van der Waals surface area contributed by atoms with Crippen LogP contribution in [0.2, 0.25) is 0 Å². The fourth-order valence-electron chi connectivity index (χ4n) is 2.42. The van der Waals surface area contributed by atoms with Gasteiger partial charge in [-0.2, -0.15) is 13.2 Å². The number of halogens is 4. The van der Waals surface area contributed by atoms with Gasteiger partial charge in [-0.1, -0.05) is 0 Å². The third-order valence-electron chi connectivity index (χ3n) is 3.59. The summed E-state index contributed by atoms with van der Waals surface area (Å²) in [5.74, 6) is -1.78. The maximum Gasteiger partial charge on any atom is 0.416 e. The number of alkyl halides is 3. The molecule has 0 aliphatic heterocycles. The molecule has 3 N–H and O–H groups in total. The van der Waals surface area contributed by atoms with E-state index in [-0.39, 0.29) is 17.6 Å². The van der Waals surface area contributed by atoms with Crippen LogP contribution in [0, 0.1) is 5.82 Å². The zero-order valence-corrected chi connectivity index (χ0v) is 11.2. The van der Waals surface area contributed by atoms with Crippen LogP contribution in [0.3, 0.4) is 0 Å². The second-order valence-corrected chi connectivity index (χ2v) is 5.31. The van der Waals surface area contributed by atoms with E-state index in [1.165, 1.54) is 0 Å². The summed E-state index contributed by atoms with van der Waals surface area (Å²) < 4.78 is 51.1. The zero-order valence-electron chi connectivity index (χ0n) is 11.2. The lowest BCUT2D eigenvalue weighted by Gasteiger charge is -2.26. The minimum absolute atomic E-state index is 0.101. The van der Waals surface area contributed by atoms with Gasteiger partial charge in [-0.3, -0.25) is 4.79 Å². The first kappa shape index (κ1) is 15.8. The molecule has 21 heavy (non-hydrogen) atoms. The molecule has 0 atom stereocenters. The Morgan fingerprint density at radius 2 is 1.76 bits per heavy atom. The summed E-state index contributed by atoms with van der Waals surface area (Å²) in [6, 6.07) is 1.81. The molecule has 116 valence electrons. The molecule has 1 saturated carbocycles. The smallest absolute Gasteiger partial charge is 0.349 e. The molecular weight excluding hydrogens is 288 g/mol. The van der Waals surface area contributed by atoms with Gasteiger partial charge in [0, 0.05) is 17.6 Å². The molecule has 1 amide bonds. The lowest BCUT2D eigenvalue weighted by Crippen LogP contribution is -2.40. The third kappa shape index (κ3) is 4.17. The number of carbonyl (C=O) groups is 1. The zero-order chi connectivity index (χ0) is 15.6. The molecular formula is C14H16F4N2O. The maximum absolute atomic E-state index is 13.3.